The lowest BCUT2D eigenvalue weighted by Gasteiger charge is -2.31. The SMILES string of the molecule is Cc1ccc(-n2nc(C(C)(C)C)cc2NC(=O)Nc2cccc(CC3CCN(S(=O)(=O)c4ccc(-c5csc(C)n5)s4)CC3)c2)cc1. The average molecular weight is 689 g/mol. The topological polar surface area (TPSA) is 109 Å². The van der Waals surface area contributed by atoms with Gasteiger partial charge in [-0.25, -0.2) is 22.9 Å². The minimum atomic E-state index is -3.55. The van der Waals surface area contributed by atoms with Gasteiger partial charge in [0.1, 0.15) is 10.0 Å². The molecule has 1 aliphatic heterocycles. The second kappa shape index (κ2) is 13.3. The van der Waals surface area contributed by atoms with Crippen molar-refractivity contribution >= 4 is 50.2 Å². The highest BCUT2D eigenvalue weighted by atomic mass is 32.2. The number of thiazole rings is 1. The number of carbonyl (C=O) groups excluding carboxylic acids is 1. The van der Waals surface area contributed by atoms with Gasteiger partial charge >= 0.3 is 6.03 Å². The zero-order valence-corrected chi connectivity index (χ0v) is 29.7. The molecular formula is C35H40N6O3S3. The zero-order valence-electron chi connectivity index (χ0n) is 27.3. The van der Waals surface area contributed by atoms with Crippen molar-refractivity contribution in [3.8, 4) is 16.3 Å². The molecule has 0 radical (unpaired) electrons. The summed E-state index contributed by atoms with van der Waals surface area (Å²) in [5.74, 6) is 0.938. The van der Waals surface area contributed by atoms with E-state index in [1.165, 1.54) is 11.3 Å². The van der Waals surface area contributed by atoms with Crippen molar-refractivity contribution in [1.82, 2.24) is 19.1 Å². The van der Waals surface area contributed by atoms with Crippen LogP contribution in [0.3, 0.4) is 0 Å². The van der Waals surface area contributed by atoms with Crippen molar-refractivity contribution < 1.29 is 13.2 Å². The number of carbonyl (C=O) groups is 1. The molecular weight excluding hydrogens is 649 g/mol. The predicted molar refractivity (Wildman–Crippen MR) is 191 cm³/mol. The Morgan fingerprint density at radius 3 is 2.40 bits per heavy atom. The van der Waals surface area contributed by atoms with Gasteiger partial charge in [-0.2, -0.15) is 9.40 Å². The van der Waals surface area contributed by atoms with Crippen molar-refractivity contribution in [2.24, 2.45) is 5.92 Å². The van der Waals surface area contributed by atoms with Gasteiger partial charge < -0.3 is 5.32 Å². The predicted octanol–water partition coefficient (Wildman–Crippen LogP) is 8.26. The highest BCUT2D eigenvalue weighted by Crippen LogP contribution is 2.35. The standard InChI is InChI=1S/C35H40N6O3S3/c1-23-9-11-28(12-10-23)41-32(21-31(39-41)35(3,4)5)38-34(42)37-27-8-6-7-26(20-27)19-25-15-17-40(18-16-25)47(43,44)33-14-13-30(46-33)29-22-45-24(2)36-29/h6-14,20-22,25H,15-19H2,1-5H3,(H2,37,38,42). The molecule has 1 fully saturated rings. The third-order valence-electron chi connectivity index (χ3n) is 8.33. The van der Waals surface area contributed by atoms with E-state index in [1.807, 2.05) is 73.8 Å². The molecule has 1 saturated heterocycles. The molecule has 5 aromatic rings. The minimum absolute atomic E-state index is 0.188. The Hall–Kier alpha value is -3.84. The Balaban J connectivity index is 1.06. The molecule has 1 aliphatic rings. The van der Waals surface area contributed by atoms with Crippen LogP contribution in [-0.2, 0) is 21.9 Å². The molecule has 0 bridgehead atoms. The number of nitrogens with one attached hydrogen (secondary N) is 2. The summed E-state index contributed by atoms with van der Waals surface area (Å²) in [6.07, 6.45) is 2.37. The third-order valence-corrected chi connectivity index (χ3v) is 12.6. The summed E-state index contributed by atoms with van der Waals surface area (Å²) in [7, 11) is -3.55. The number of anilines is 2. The lowest BCUT2D eigenvalue weighted by molar-refractivity contribution is 0.262. The Labute approximate surface area is 284 Å². The molecule has 246 valence electrons. The number of rotatable bonds is 8. The molecule has 12 heteroatoms. The van der Waals surface area contributed by atoms with Crippen LogP contribution in [0.4, 0.5) is 16.3 Å². The van der Waals surface area contributed by atoms with E-state index in [2.05, 4.69) is 42.5 Å². The van der Waals surface area contributed by atoms with Crippen LogP contribution in [0.1, 0.15) is 55.4 Å². The van der Waals surface area contributed by atoms with Crippen LogP contribution in [0, 0.1) is 19.8 Å². The maximum atomic E-state index is 13.4. The van der Waals surface area contributed by atoms with Gasteiger partial charge in [-0.05, 0) is 81.0 Å². The Morgan fingerprint density at radius 2 is 1.72 bits per heavy atom. The summed E-state index contributed by atoms with van der Waals surface area (Å²) in [5, 5.41) is 13.7. The molecule has 3 aromatic heterocycles. The van der Waals surface area contributed by atoms with E-state index in [9.17, 15) is 13.2 Å². The summed E-state index contributed by atoms with van der Waals surface area (Å²) >= 11 is 2.84. The smallest absolute Gasteiger partial charge is 0.308 e. The molecule has 9 nitrogen and oxygen atoms in total. The maximum Gasteiger partial charge on any atom is 0.324 e. The van der Waals surface area contributed by atoms with E-state index in [0.29, 0.717) is 34.7 Å². The molecule has 2 amide bonds. The molecule has 47 heavy (non-hydrogen) atoms. The number of sulfonamides is 1. The number of hydrogen-bond acceptors (Lipinski definition) is 7. The van der Waals surface area contributed by atoms with E-state index < -0.39 is 10.0 Å². The van der Waals surface area contributed by atoms with Gasteiger partial charge in [0.15, 0.2) is 0 Å². The van der Waals surface area contributed by atoms with Gasteiger partial charge in [0.05, 0.1) is 27.0 Å². The first-order chi connectivity index (χ1) is 22.3. The summed E-state index contributed by atoms with van der Waals surface area (Å²) in [4.78, 5) is 18.5. The molecule has 0 saturated carbocycles. The summed E-state index contributed by atoms with van der Waals surface area (Å²) < 4.78 is 30.6. The van der Waals surface area contributed by atoms with Crippen LogP contribution in [0.2, 0.25) is 0 Å². The summed E-state index contributed by atoms with van der Waals surface area (Å²) in [5.41, 5.74) is 5.33. The van der Waals surface area contributed by atoms with Crippen LogP contribution in [0.15, 0.2) is 76.3 Å². The minimum Gasteiger partial charge on any atom is -0.308 e. The number of thiophene rings is 1. The number of amides is 2. The van der Waals surface area contributed by atoms with E-state index in [1.54, 1.807) is 26.4 Å². The van der Waals surface area contributed by atoms with Crippen molar-refractivity contribution in [2.45, 2.75) is 63.5 Å². The molecule has 0 unspecified atom stereocenters. The van der Waals surface area contributed by atoms with E-state index in [-0.39, 0.29) is 11.4 Å². The van der Waals surface area contributed by atoms with Gasteiger partial charge in [-0.15, -0.1) is 22.7 Å². The third kappa shape index (κ3) is 7.67. The largest absolute Gasteiger partial charge is 0.324 e. The zero-order chi connectivity index (χ0) is 33.3. The second-order valence-electron chi connectivity index (χ2n) is 13.1. The highest BCUT2D eigenvalue weighted by molar-refractivity contribution is 7.91. The van der Waals surface area contributed by atoms with Gasteiger partial charge in [0, 0.05) is 35.6 Å². The van der Waals surface area contributed by atoms with Crippen LogP contribution in [0.5, 0.6) is 0 Å². The van der Waals surface area contributed by atoms with Crippen molar-refractivity contribution in [3.63, 3.8) is 0 Å². The van der Waals surface area contributed by atoms with Crippen molar-refractivity contribution in [2.75, 3.05) is 23.7 Å². The molecule has 0 spiro atoms. The van der Waals surface area contributed by atoms with Gasteiger partial charge in [-0.3, -0.25) is 5.32 Å². The molecule has 2 N–H and O–H groups in total. The fourth-order valence-corrected chi connectivity index (χ4v) is 9.24. The van der Waals surface area contributed by atoms with Crippen LogP contribution < -0.4 is 10.6 Å². The van der Waals surface area contributed by atoms with Gasteiger partial charge in [-0.1, -0.05) is 50.6 Å². The first-order valence-electron chi connectivity index (χ1n) is 15.7. The molecule has 4 heterocycles. The first-order valence-corrected chi connectivity index (χ1v) is 18.9. The second-order valence-corrected chi connectivity index (χ2v) is 17.4. The van der Waals surface area contributed by atoms with Gasteiger partial charge in [0.2, 0.25) is 0 Å². The van der Waals surface area contributed by atoms with E-state index in [0.717, 1.165) is 57.3 Å². The number of urea groups is 1. The molecule has 0 aliphatic carbocycles. The Morgan fingerprint density at radius 1 is 0.979 bits per heavy atom. The van der Waals surface area contributed by atoms with Crippen LogP contribution >= 0.6 is 22.7 Å². The lowest BCUT2D eigenvalue weighted by Crippen LogP contribution is -2.38. The quantitative estimate of drug-likeness (QED) is 0.171. The van der Waals surface area contributed by atoms with Gasteiger partial charge in [0.25, 0.3) is 10.0 Å². The van der Waals surface area contributed by atoms with Crippen molar-refractivity contribution in [3.05, 3.63) is 93.9 Å². The first kappa shape index (κ1) is 33.1. The van der Waals surface area contributed by atoms with Crippen LogP contribution in [-0.4, -0.2) is 46.6 Å². The monoisotopic (exact) mass is 688 g/mol. The van der Waals surface area contributed by atoms with E-state index in [4.69, 9.17) is 5.10 Å². The molecule has 6 rings (SSSR count). The normalized spacial score (nSPS) is 14.7. The lowest BCUT2D eigenvalue weighted by atomic mass is 9.91. The highest BCUT2D eigenvalue weighted by Gasteiger charge is 2.31. The van der Waals surface area contributed by atoms with Crippen molar-refractivity contribution in [1.29, 1.82) is 0 Å². The number of nitrogens with zero attached hydrogens (tertiary/aromatic N) is 4. The average Bonchev–Trinajstić information content (AvgIpc) is 3.78. The fraction of sp³-hybridized carbons (Fsp3) is 0.343. The number of hydrogen-bond donors (Lipinski definition) is 2. The summed E-state index contributed by atoms with van der Waals surface area (Å²) in [6, 6.07) is 21.0. The maximum absolute atomic E-state index is 13.4. The van der Waals surface area contributed by atoms with Crippen LogP contribution in [0.25, 0.3) is 16.3 Å². The molecule has 2 aromatic carbocycles. The molecule has 0 atom stereocenters. The number of aryl methyl sites for hydroxylation is 2. The number of aromatic nitrogens is 3. The van der Waals surface area contributed by atoms with E-state index >= 15 is 0 Å². The summed E-state index contributed by atoms with van der Waals surface area (Å²) in [6.45, 7) is 11.2. The fourth-order valence-electron chi connectivity index (χ4n) is 5.66. The Kier molecular flexibility index (Phi) is 9.39. The number of benzene rings is 2. The number of piperidine rings is 1. The Bertz CT molecular complexity index is 1980.